The molecule has 0 bridgehead atoms. The molecule has 1 heterocycles. The largest absolute Gasteiger partial charge is 0.326 e. The van der Waals surface area contributed by atoms with Gasteiger partial charge in [0.15, 0.2) is 0 Å². The first-order chi connectivity index (χ1) is 12.1. The van der Waals surface area contributed by atoms with Crippen molar-refractivity contribution in [1.82, 2.24) is 3.97 Å². The third-order valence-corrected chi connectivity index (χ3v) is 5.91. The SMILES string of the molecule is CCCc1c(CN)cn(S(=O)(=O)c2ccccc2)c1-c1ccccc1. The molecule has 2 aromatic carbocycles. The molecule has 0 spiro atoms. The molecule has 4 nitrogen and oxygen atoms in total. The lowest BCUT2D eigenvalue weighted by Gasteiger charge is -2.13. The first-order valence-corrected chi connectivity index (χ1v) is 9.82. The second-order valence-corrected chi connectivity index (χ2v) is 7.73. The summed E-state index contributed by atoms with van der Waals surface area (Å²) in [5.41, 5.74) is 9.39. The zero-order chi connectivity index (χ0) is 17.9. The highest BCUT2D eigenvalue weighted by molar-refractivity contribution is 7.90. The molecule has 0 aliphatic rings. The Balaban J connectivity index is 2.30. The molecule has 0 amide bonds. The Hall–Kier alpha value is -2.37. The molecular weight excluding hydrogens is 332 g/mol. The monoisotopic (exact) mass is 354 g/mol. The van der Waals surface area contributed by atoms with E-state index in [-0.39, 0.29) is 4.90 Å². The quantitative estimate of drug-likeness (QED) is 0.732. The predicted molar refractivity (Wildman–Crippen MR) is 101 cm³/mol. The zero-order valence-corrected chi connectivity index (χ0v) is 15.0. The summed E-state index contributed by atoms with van der Waals surface area (Å²) in [4.78, 5) is 0.272. The van der Waals surface area contributed by atoms with E-state index < -0.39 is 10.0 Å². The molecule has 3 aromatic rings. The minimum absolute atomic E-state index is 0.272. The molecular formula is C20H22N2O2S. The van der Waals surface area contributed by atoms with Crippen molar-refractivity contribution in [3.8, 4) is 11.3 Å². The highest BCUT2D eigenvalue weighted by Gasteiger charge is 2.25. The first kappa shape index (κ1) is 17.5. The third-order valence-electron chi connectivity index (χ3n) is 4.23. The molecule has 0 aliphatic heterocycles. The average Bonchev–Trinajstić information content (AvgIpc) is 3.03. The second kappa shape index (κ2) is 7.25. The normalized spacial score (nSPS) is 11.6. The van der Waals surface area contributed by atoms with Crippen LogP contribution in [0.1, 0.15) is 24.5 Å². The minimum atomic E-state index is -3.69. The van der Waals surface area contributed by atoms with Crippen molar-refractivity contribution < 1.29 is 8.42 Å². The van der Waals surface area contributed by atoms with Crippen LogP contribution in [0.4, 0.5) is 0 Å². The molecule has 0 aliphatic carbocycles. The summed E-state index contributed by atoms with van der Waals surface area (Å²) in [6, 6.07) is 18.1. The van der Waals surface area contributed by atoms with Crippen LogP contribution in [0.3, 0.4) is 0 Å². The fraction of sp³-hybridized carbons (Fsp3) is 0.200. The van der Waals surface area contributed by atoms with E-state index >= 15 is 0 Å². The number of benzene rings is 2. The Kier molecular flexibility index (Phi) is 5.06. The summed E-state index contributed by atoms with van der Waals surface area (Å²) < 4.78 is 27.9. The molecule has 25 heavy (non-hydrogen) atoms. The lowest BCUT2D eigenvalue weighted by atomic mass is 10.0. The van der Waals surface area contributed by atoms with Crippen molar-refractivity contribution in [3.63, 3.8) is 0 Å². The Labute approximate surface area is 149 Å². The molecule has 0 saturated carbocycles. The number of hydrogen-bond acceptors (Lipinski definition) is 3. The summed E-state index contributed by atoms with van der Waals surface area (Å²) in [5.74, 6) is 0. The van der Waals surface area contributed by atoms with Gasteiger partial charge in [0.1, 0.15) is 0 Å². The van der Waals surface area contributed by atoms with Gasteiger partial charge in [-0.2, -0.15) is 0 Å². The number of aromatic nitrogens is 1. The maximum Gasteiger partial charge on any atom is 0.268 e. The molecule has 0 saturated heterocycles. The maximum absolute atomic E-state index is 13.2. The number of nitrogens with zero attached hydrogens (tertiary/aromatic N) is 1. The highest BCUT2D eigenvalue weighted by atomic mass is 32.2. The predicted octanol–water partition coefficient (Wildman–Crippen LogP) is 3.80. The lowest BCUT2D eigenvalue weighted by molar-refractivity contribution is 0.588. The van der Waals surface area contributed by atoms with E-state index in [1.54, 1.807) is 36.5 Å². The van der Waals surface area contributed by atoms with Gasteiger partial charge in [-0.1, -0.05) is 61.9 Å². The highest BCUT2D eigenvalue weighted by Crippen LogP contribution is 2.32. The van der Waals surface area contributed by atoms with E-state index in [0.717, 1.165) is 29.5 Å². The summed E-state index contributed by atoms with van der Waals surface area (Å²) in [5, 5.41) is 0. The first-order valence-electron chi connectivity index (χ1n) is 8.38. The summed E-state index contributed by atoms with van der Waals surface area (Å²) >= 11 is 0. The Morgan fingerprint density at radius 2 is 1.56 bits per heavy atom. The molecule has 3 rings (SSSR count). The fourth-order valence-electron chi connectivity index (χ4n) is 3.07. The van der Waals surface area contributed by atoms with Crippen molar-refractivity contribution >= 4 is 10.0 Å². The summed E-state index contributed by atoms with van der Waals surface area (Å²) in [6.07, 6.45) is 3.38. The molecule has 0 radical (unpaired) electrons. The van der Waals surface area contributed by atoms with Crippen molar-refractivity contribution in [2.75, 3.05) is 0 Å². The van der Waals surface area contributed by atoms with Gasteiger partial charge in [-0.15, -0.1) is 0 Å². The van der Waals surface area contributed by atoms with Crippen molar-refractivity contribution in [3.05, 3.63) is 78.0 Å². The minimum Gasteiger partial charge on any atom is -0.326 e. The van der Waals surface area contributed by atoms with Gasteiger partial charge >= 0.3 is 0 Å². The van der Waals surface area contributed by atoms with Gasteiger partial charge in [-0.25, -0.2) is 12.4 Å². The van der Waals surface area contributed by atoms with Crippen LogP contribution in [0.15, 0.2) is 71.8 Å². The molecule has 1 aromatic heterocycles. The van der Waals surface area contributed by atoms with Crippen molar-refractivity contribution in [1.29, 1.82) is 0 Å². The van der Waals surface area contributed by atoms with Crippen LogP contribution in [0.5, 0.6) is 0 Å². The molecule has 2 N–H and O–H groups in total. The molecule has 0 fully saturated rings. The molecule has 130 valence electrons. The van der Waals surface area contributed by atoms with Crippen LogP contribution >= 0.6 is 0 Å². The summed E-state index contributed by atoms with van der Waals surface area (Å²) in [6.45, 7) is 2.39. The van der Waals surface area contributed by atoms with E-state index in [0.29, 0.717) is 12.2 Å². The smallest absolute Gasteiger partial charge is 0.268 e. The van der Waals surface area contributed by atoms with Crippen LogP contribution in [-0.2, 0) is 23.0 Å². The molecule has 0 atom stereocenters. The van der Waals surface area contributed by atoms with E-state index in [1.165, 1.54) is 3.97 Å². The Morgan fingerprint density at radius 3 is 2.12 bits per heavy atom. The van der Waals surface area contributed by atoms with Crippen LogP contribution in [0.2, 0.25) is 0 Å². The van der Waals surface area contributed by atoms with Gasteiger partial charge in [0.25, 0.3) is 10.0 Å². The van der Waals surface area contributed by atoms with Gasteiger partial charge in [0.05, 0.1) is 10.6 Å². The summed E-state index contributed by atoms with van der Waals surface area (Å²) in [7, 11) is -3.69. The average molecular weight is 354 g/mol. The lowest BCUT2D eigenvalue weighted by Crippen LogP contribution is -2.13. The van der Waals surface area contributed by atoms with Gasteiger partial charge in [-0.3, -0.25) is 0 Å². The van der Waals surface area contributed by atoms with E-state index in [1.807, 2.05) is 30.3 Å². The zero-order valence-electron chi connectivity index (χ0n) is 14.2. The molecule has 5 heteroatoms. The van der Waals surface area contributed by atoms with E-state index in [9.17, 15) is 8.42 Å². The van der Waals surface area contributed by atoms with E-state index in [2.05, 4.69) is 6.92 Å². The third kappa shape index (κ3) is 3.25. The number of nitrogens with two attached hydrogens (primary N) is 1. The standard InChI is InChI=1S/C20H22N2O2S/c1-2-9-19-17(14-21)15-22(20(19)16-10-5-3-6-11-16)25(23,24)18-12-7-4-8-13-18/h3-8,10-13,15H,2,9,14,21H2,1H3. The van der Waals surface area contributed by atoms with Gasteiger partial charge in [0, 0.05) is 12.7 Å². The maximum atomic E-state index is 13.2. The number of hydrogen-bond donors (Lipinski definition) is 1. The van der Waals surface area contributed by atoms with Gasteiger partial charge in [0.2, 0.25) is 0 Å². The molecule has 0 unspecified atom stereocenters. The van der Waals surface area contributed by atoms with Crippen LogP contribution < -0.4 is 5.73 Å². The van der Waals surface area contributed by atoms with Crippen molar-refractivity contribution in [2.24, 2.45) is 5.73 Å². The van der Waals surface area contributed by atoms with Crippen LogP contribution in [0.25, 0.3) is 11.3 Å². The van der Waals surface area contributed by atoms with Crippen LogP contribution in [-0.4, -0.2) is 12.4 Å². The fourth-order valence-corrected chi connectivity index (χ4v) is 4.52. The van der Waals surface area contributed by atoms with Gasteiger partial charge in [-0.05, 0) is 35.2 Å². The topological polar surface area (TPSA) is 65.1 Å². The van der Waals surface area contributed by atoms with Crippen LogP contribution in [0, 0.1) is 0 Å². The van der Waals surface area contributed by atoms with Crippen molar-refractivity contribution in [2.45, 2.75) is 31.2 Å². The van der Waals surface area contributed by atoms with Gasteiger partial charge < -0.3 is 5.73 Å². The van der Waals surface area contributed by atoms with E-state index in [4.69, 9.17) is 5.73 Å². The Bertz CT molecular complexity index is 946. The number of rotatable bonds is 6. The Morgan fingerprint density at radius 1 is 0.960 bits per heavy atom. The second-order valence-electron chi connectivity index (χ2n) is 5.92.